The highest BCUT2D eigenvalue weighted by Gasteiger charge is 2.15. The standard InChI is InChI=1S/C15H23N3O3/c1-10(6-7-16)4-5-15(19)17-13-9-14(18(20)21)12(3)8-11(13)2/h8-10H,4-7,16H2,1-3H3,(H,17,19). The van der Waals surface area contributed by atoms with Crippen molar-refractivity contribution in [2.24, 2.45) is 11.7 Å². The van der Waals surface area contributed by atoms with E-state index in [1.54, 1.807) is 13.0 Å². The van der Waals surface area contributed by atoms with Gasteiger partial charge in [-0.3, -0.25) is 14.9 Å². The predicted octanol–water partition coefficient (Wildman–Crippen LogP) is 2.92. The van der Waals surface area contributed by atoms with Crippen LogP contribution in [0.2, 0.25) is 0 Å². The van der Waals surface area contributed by atoms with Crippen LogP contribution in [-0.2, 0) is 4.79 Å². The molecule has 0 aliphatic heterocycles. The molecule has 0 bridgehead atoms. The smallest absolute Gasteiger partial charge is 0.274 e. The lowest BCUT2D eigenvalue weighted by atomic mass is 10.0. The number of nitro groups is 1. The molecule has 1 amide bonds. The lowest BCUT2D eigenvalue weighted by Crippen LogP contribution is -2.15. The maximum Gasteiger partial charge on any atom is 0.274 e. The second-order valence-electron chi connectivity index (χ2n) is 5.48. The van der Waals surface area contributed by atoms with Crippen LogP contribution in [0.25, 0.3) is 0 Å². The summed E-state index contributed by atoms with van der Waals surface area (Å²) in [5.74, 6) is 0.273. The summed E-state index contributed by atoms with van der Waals surface area (Å²) in [5, 5.41) is 13.7. The number of benzene rings is 1. The van der Waals surface area contributed by atoms with E-state index in [0.29, 0.717) is 30.1 Å². The highest BCUT2D eigenvalue weighted by Crippen LogP contribution is 2.26. The molecule has 6 nitrogen and oxygen atoms in total. The van der Waals surface area contributed by atoms with Crippen molar-refractivity contribution >= 4 is 17.3 Å². The highest BCUT2D eigenvalue weighted by molar-refractivity contribution is 5.92. The van der Waals surface area contributed by atoms with Crippen molar-refractivity contribution in [1.82, 2.24) is 0 Å². The molecule has 0 fully saturated rings. The molecule has 21 heavy (non-hydrogen) atoms. The Morgan fingerprint density at radius 3 is 2.57 bits per heavy atom. The molecule has 1 aromatic rings. The summed E-state index contributed by atoms with van der Waals surface area (Å²) in [6.45, 7) is 6.18. The SMILES string of the molecule is Cc1cc(C)c([N+](=O)[O-])cc1NC(=O)CCC(C)CCN. The number of hydrogen-bond acceptors (Lipinski definition) is 4. The van der Waals surface area contributed by atoms with Crippen molar-refractivity contribution < 1.29 is 9.72 Å². The van der Waals surface area contributed by atoms with E-state index in [-0.39, 0.29) is 11.6 Å². The molecule has 6 heteroatoms. The van der Waals surface area contributed by atoms with Crippen LogP contribution in [0.3, 0.4) is 0 Å². The molecule has 0 aliphatic rings. The van der Waals surface area contributed by atoms with Crippen LogP contribution in [0.5, 0.6) is 0 Å². The Balaban J connectivity index is 2.72. The van der Waals surface area contributed by atoms with Crippen LogP contribution >= 0.6 is 0 Å². The van der Waals surface area contributed by atoms with Gasteiger partial charge in [-0.05, 0) is 50.8 Å². The molecular formula is C15H23N3O3. The molecule has 0 radical (unpaired) electrons. The van der Waals surface area contributed by atoms with Gasteiger partial charge in [-0.2, -0.15) is 0 Å². The minimum atomic E-state index is -0.437. The Hall–Kier alpha value is -1.95. The van der Waals surface area contributed by atoms with E-state index >= 15 is 0 Å². The average Bonchev–Trinajstić information content (AvgIpc) is 2.39. The summed E-state index contributed by atoms with van der Waals surface area (Å²) in [6.07, 6.45) is 2.04. The van der Waals surface area contributed by atoms with Gasteiger partial charge in [0.15, 0.2) is 0 Å². The lowest BCUT2D eigenvalue weighted by molar-refractivity contribution is -0.385. The van der Waals surface area contributed by atoms with Gasteiger partial charge in [0, 0.05) is 18.1 Å². The lowest BCUT2D eigenvalue weighted by Gasteiger charge is -2.12. The van der Waals surface area contributed by atoms with Crippen LogP contribution in [0.1, 0.15) is 37.3 Å². The summed E-state index contributed by atoms with van der Waals surface area (Å²) < 4.78 is 0. The van der Waals surface area contributed by atoms with E-state index in [4.69, 9.17) is 5.73 Å². The first-order chi connectivity index (χ1) is 9.85. The van der Waals surface area contributed by atoms with Gasteiger partial charge in [-0.1, -0.05) is 6.92 Å². The van der Waals surface area contributed by atoms with Gasteiger partial charge < -0.3 is 11.1 Å². The van der Waals surface area contributed by atoms with Crippen molar-refractivity contribution in [2.45, 2.75) is 40.0 Å². The third kappa shape index (κ3) is 5.15. The van der Waals surface area contributed by atoms with E-state index in [2.05, 4.69) is 12.2 Å². The average molecular weight is 293 g/mol. The van der Waals surface area contributed by atoms with Crippen LogP contribution in [0, 0.1) is 29.9 Å². The van der Waals surface area contributed by atoms with Gasteiger partial charge in [0.2, 0.25) is 5.91 Å². The number of aryl methyl sites for hydroxylation is 2. The van der Waals surface area contributed by atoms with Crippen molar-refractivity contribution in [3.8, 4) is 0 Å². The summed E-state index contributed by atoms with van der Waals surface area (Å²) in [5.41, 5.74) is 7.41. The first-order valence-corrected chi connectivity index (χ1v) is 7.10. The molecule has 0 saturated carbocycles. The Morgan fingerprint density at radius 1 is 1.33 bits per heavy atom. The summed E-state index contributed by atoms with van der Waals surface area (Å²) in [6, 6.07) is 3.14. The molecular weight excluding hydrogens is 270 g/mol. The molecule has 116 valence electrons. The number of amides is 1. The van der Waals surface area contributed by atoms with E-state index < -0.39 is 4.92 Å². The third-order valence-electron chi connectivity index (χ3n) is 3.54. The first-order valence-electron chi connectivity index (χ1n) is 7.10. The Morgan fingerprint density at radius 2 is 2.00 bits per heavy atom. The third-order valence-corrected chi connectivity index (χ3v) is 3.54. The predicted molar refractivity (Wildman–Crippen MR) is 83.3 cm³/mol. The molecule has 1 atom stereocenters. The molecule has 3 N–H and O–H groups in total. The highest BCUT2D eigenvalue weighted by atomic mass is 16.6. The van der Waals surface area contributed by atoms with Crippen molar-refractivity contribution in [1.29, 1.82) is 0 Å². The number of nitrogens with one attached hydrogen (secondary N) is 1. The quantitative estimate of drug-likeness (QED) is 0.596. The maximum absolute atomic E-state index is 11.9. The second kappa shape index (κ2) is 7.73. The van der Waals surface area contributed by atoms with Crippen LogP contribution in [0.4, 0.5) is 11.4 Å². The molecule has 1 aromatic carbocycles. The summed E-state index contributed by atoms with van der Waals surface area (Å²) >= 11 is 0. The van der Waals surface area contributed by atoms with Gasteiger partial charge in [0.1, 0.15) is 0 Å². The zero-order chi connectivity index (χ0) is 16.0. The normalized spacial score (nSPS) is 12.0. The number of rotatable bonds is 7. The zero-order valence-corrected chi connectivity index (χ0v) is 12.8. The van der Waals surface area contributed by atoms with Crippen molar-refractivity contribution in [3.05, 3.63) is 33.4 Å². The van der Waals surface area contributed by atoms with E-state index in [1.807, 2.05) is 6.92 Å². The van der Waals surface area contributed by atoms with Crippen molar-refractivity contribution in [2.75, 3.05) is 11.9 Å². The molecule has 1 rings (SSSR count). The molecule has 0 heterocycles. The van der Waals surface area contributed by atoms with Gasteiger partial charge in [0.05, 0.1) is 10.6 Å². The number of carbonyl (C=O) groups is 1. The molecule has 0 saturated heterocycles. The van der Waals surface area contributed by atoms with Crippen LogP contribution in [0.15, 0.2) is 12.1 Å². The first kappa shape index (κ1) is 17.1. The largest absolute Gasteiger partial charge is 0.330 e. The fraction of sp³-hybridized carbons (Fsp3) is 0.533. The number of nitrogens with zero attached hydrogens (tertiary/aromatic N) is 1. The van der Waals surface area contributed by atoms with Crippen LogP contribution < -0.4 is 11.1 Å². The van der Waals surface area contributed by atoms with Crippen molar-refractivity contribution in [3.63, 3.8) is 0 Å². The molecule has 0 aliphatic carbocycles. The number of nitro benzene ring substituents is 1. The zero-order valence-electron chi connectivity index (χ0n) is 12.8. The fourth-order valence-electron chi connectivity index (χ4n) is 2.19. The topological polar surface area (TPSA) is 98.3 Å². The maximum atomic E-state index is 11.9. The van der Waals surface area contributed by atoms with E-state index in [1.165, 1.54) is 6.07 Å². The molecule has 0 aromatic heterocycles. The van der Waals surface area contributed by atoms with Gasteiger partial charge >= 0.3 is 0 Å². The van der Waals surface area contributed by atoms with Gasteiger partial charge in [-0.15, -0.1) is 0 Å². The Bertz CT molecular complexity index is 529. The fourth-order valence-corrected chi connectivity index (χ4v) is 2.19. The number of hydrogen-bond donors (Lipinski definition) is 2. The molecule has 1 unspecified atom stereocenters. The second-order valence-corrected chi connectivity index (χ2v) is 5.48. The van der Waals surface area contributed by atoms with Crippen LogP contribution in [-0.4, -0.2) is 17.4 Å². The van der Waals surface area contributed by atoms with E-state index in [9.17, 15) is 14.9 Å². The monoisotopic (exact) mass is 293 g/mol. The Kier molecular flexibility index (Phi) is 6.30. The van der Waals surface area contributed by atoms with Gasteiger partial charge in [-0.25, -0.2) is 0 Å². The summed E-state index contributed by atoms with van der Waals surface area (Å²) in [4.78, 5) is 22.4. The minimum Gasteiger partial charge on any atom is -0.330 e. The van der Waals surface area contributed by atoms with E-state index in [0.717, 1.165) is 18.4 Å². The number of carbonyl (C=O) groups excluding carboxylic acids is 1. The van der Waals surface area contributed by atoms with Gasteiger partial charge in [0.25, 0.3) is 5.69 Å². The minimum absolute atomic E-state index is 0.0207. The number of nitrogens with two attached hydrogens (primary N) is 1. The summed E-state index contributed by atoms with van der Waals surface area (Å²) in [7, 11) is 0. The Labute approximate surface area is 124 Å². The number of anilines is 1. The molecule has 0 spiro atoms.